The molecule has 0 spiro atoms. The molecule has 8 nitrogen and oxygen atoms in total. The molecule has 33 heavy (non-hydrogen) atoms. The predicted octanol–water partition coefficient (Wildman–Crippen LogP) is 3.15. The average molecular weight is 511 g/mol. The molecule has 0 radical (unpaired) electrons. The summed E-state index contributed by atoms with van der Waals surface area (Å²) in [5.41, 5.74) is -0.714. The quantitative estimate of drug-likeness (QED) is 0.117. The molecule has 0 N–H and O–H groups in total. The number of hydrogen-bond donors (Lipinski definition) is 0. The Kier molecular flexibility index (Phi) is 8.27. The smallest absolute Gasteiger partial charge is 0.468 e. The first-order valence-corrected chi connectivity index (χ1v) is 9.77. The molecule has 0 aliphatic carbocycles. The summed E-state index contributed by atoms with van der Waals surface area (Å²) in [5.74, 6) is -15.4. The van der Waals surface area contributed by atoms with Gasteiger partial charge >= 0.3 is 35.1 Å². The molecular weight excluding hydrogens is 497 g/mol. The molecule has 186 valence electrons. The van der Waals surface area contributed by atoms with Gasteiger partial charge in [0, 0.05) is 12.0 Å². The molecule has 0 aromatic heterocycles. The van der Waals surface area contributed by atoms with Crippen LogP contribution in [-0.2, 0) is 29.2 Å². The number of hydrogen-bond acceptors (Lipinski definition) is 8. The van der Waals surface area contributed by atoms with Crippen molar-refractivity contribution in [1.82, 2.24) is 0 Å². The van der Waals surface area contributed by atoms with E-state index in [0.29, 0.717) is 0 Å². The number of carbonyl (C=O) groups is 2. The second-order valence-electron chi connectivity index (χ2n) is 6.26. The monoisotopic (exact) mass is 511 g/mol. The summed E-state index contributed by atoms with van der Waals surface area (Å²) in [6.45, 7) is 1.67. The van der Waals surface area contributed by atoms with Gasteiger partial charge in [0.05, 0.1) is 6.61 Å². The highest BCUT2D eigenvalue weighted by molar-refractivity contribution is 7.86. The molecule has 1 atom stereocenters. The van der Waals surface area contributed by atoms with Gasteiger partial charge in [0.15, 0.2) is 10.1 Å². The molecular formula is C17H14F7O8S-. The van der Waals surface area contributed by atoms with E-state index < -0.39 is 69.5 Å². The number of halogens is 7. The fraction of sp³-hybridized carbons (Fsp3) is 0.412. The minimum atomic E-state index is -6.94. The number of rotatable bonds is 10. The Hall–Kier alpha value is -2.72. The summed E-state index contributed by atoms with van der Waals surface area (Å²) in [7, 11) is -6.94. The molecule has 0 heterocycles. The lowest BCUT2D eigenvalue weighted by Crippen LogP contribution is -2.59. The first kappa shape index (κ1) is 28.3. The highest BCUT2D eigenvalue weighted by atomic mass is 32.2. The minimum absolute atomic E-state index is 0.541. The summed E-state index contributed by atoms with van der Waals surface area (Å²) >= 11 is 0. The van der Waals surface area contributed by atoms with Gasteiger partial charge in [-0.3, -0.25) is 0 Å². The van der Waals surface area contributed by atoms with E-state index in [1.54, 1.807) is 0 Å². The third kappa shape index (κ3) is 6.20. The lowest BCUT2D eigenvalue weighted by Gasteiger charge is -2.33. The van der Waals surface area contributed by atoms with Gasteiger partial charge in [-0.1, -0.05) is 24.8 Å². The van der Waals surface area contributed by atoms with Crippen molar-refractivity contribution in [2.24, 2.45) is 0 Å². The maximum Gasteiger partial charge on any atom is 0.468 e. The Morgan fingerprint density at radius 1 is 1.03 bits per heavy atom. The van der Waals surface area contributed by atoms with Crippen LogP contribution >= 0.6 is 0 Å². The van der Waals surface area contributed by atoms with Crippen molar-refractivity contribution in [3.8, 4) is 5.75 Å². The number of esters is 2. The van der Waals surface area contributed by atoms with E-state index in [1.165, 1.54) is 18.2 Å². The van der Waals surface area contributed by atoms with Crippen molar-refractivity contribution in [2.45, 2.75) is 36.5 Å². The van der Waals surface area contributed by atoms with Gasteiger partial charge < -0.3 is 18.8 Å². The number of para-hydroxylation sites is 1. The van der Waals surface area contributed by atoms with E-state index in [2.05, 4.69) is 20.8 Å². The molecule has 1 aromatic carbocycles. The van der Waals surface area contributed by atoms with Crippen LogP contribution in [0.3, 0.4) is 0 Å². The molecule has 0 aliphatic heterocycles. The van der Waals surface area contributed by atoms with Crippen molar-refractivity contribution in [3.63, 3.8) is 0 Å². The molecule has 0 saturated carbocycles. The summed E-state index contributed by atoms with van der Waals surface area (Å²) in [4.78, 5) is 24.0. The van der Waals surface area contributed by atoms with Crippen LogP contribution in [-0.4, -0.2) is 54.7 Å². The summed E-state index contributed by atoms with van der Waals surface area (Å²) in [6, 6.07) is 5.76. The van der Waals surface area contributed by atoms with Gasteiger partial charge in [-0.25, -0.2) is 18.0 Å². The zero-order valence-electron chi connectivity index (χ0n) is 16.3. The zero-order chi connectivity index (χ0) is 25.9. The first-order valence-electron chi connectivity index (χ1n) is 8.36. The SMILES string of the molecule is C=C(C)C(=O)OC(OCCC(F)(F)C(F)(F)S(=O)(=O)[O-])(C(=O)Oc1ccccc1)C(F)(F)F. The van der Waals surface area contributed by atoms with E-state index in [0.717, 1.165) is 19.1 Å². The molecule has 16 heteroatoms. The fourth-order valence-electron chi connectivity index (χ4n) is 1.92. The Morgan fingerprint density at radius 2 is 1.55 bits per heavy atom. The van der Waals surface area contributed by atoms with Crippen molar-refractivity contribution in [3.05, 3.63) is 42.5 Å². The summed E-state index contributed by atoms with van der Waals surface area (Å²) in [5, 5.41) is -6.23. The molecule has 0 fully saturated rings. The van der Waals surface area contributed by atoms with Gasteiger partial charge in [-0.15, -0.1) is 0 Å². The average Bonchev–Trinajstić information content (AvgIpc) is 2.65. The van der Waals surface area contributed by atoms with Crippen molar-refractivity contribution in [1.29, 1.82) is 0 Å². The third-order valence-electron chi connectivity index (χ3n) is 3.64. The molecule has 1 rings (SSSR count). The van der Waals surface area contributed by atoms with E-state index in [9.17, 15) is 53.3 Å². The largest absolute Gasteiger partial charge is 0.743 e. The Balaban J connectivity index is 3.35. The van der Waals surface area contributed by atoms with Gasteiger partial charge in [0.2, 0.25) is 0 Å². The lowest BCUT2D eigenvalue weighted by atomic mass is 10.2. The maximum atomic E-state index is 13.8. The van der Waals surface area contributed by atoms with Gasteiger partial charge in [-0.05, 0) is 19.1 Å². The molecule has 1 unspecified atom stereocenters. The molecule has 1 aromatic rings. The predicted molar refractivity (Wildman–Crippen MR) is 91.9 cm³/mol. The zero-order valence-corrected chi connectivity index (χ0v) is 17.1. The second kappa shape index (κ2) is 9.64. The van der Waals surface area contributed by atoms with Crippen LogP contribution in [0.15, 0.2) is 42.5 Å². The van der Waals surface area contributed by atoms with Crippen LogP contribution in [0.25, 0.3) is 0 Å². The van der Waals surface area contributed by atoms with Gasteiger partial charge in [-0.2, -0.15) is 30.7 Å². The van der Waals surface area contributed by atoms with Crippen LogP contribution < -0.4 is 4.74 Å². The Morgan fingerprint density at radius 3 is 1.97 bits per heavy atom. The lowest BCUT2D eigenvalue weighted by molar-refractivity contribution is -0.354. The molecule has 0 aliphatic rings. The fourth-order valence-corrected chi connectivity index (χ4v) is 2.39. The Bertz CT molecular complexity index is 992. The summed E-state index contributed by atoms with van der Waals surface area (Å²) < 4.78 is 139. The van der Waals surface area contributed by atoms with E-state index in [4.69, 9.17) is 0 Å². The van der Waals surface area contributed by atoms with Gasteiger partial charge in [0.1, 0.15) is 5.75 Å². The maximum absolute atomic E-state index is 13.8. The number of alkyl halides is 7. The number of benzene rings is 1. The van der Waals surface area contributed by atoms with Crippen LogP contribution in [0.5, 0.6) is 5.75 Å². The molecule has 0 amide bonds. The third-order valence-corrected chi connectivity index (χ3v) is 4.57. The highest BCUT2D eigenvalue weighted by Gasteiger charge is 2.69. The first-order chi connectivity index (χ1) is 14.8. The summed E-state index contributed by atoms with van der Waals surface area (Å²) in [6.07, 6.45) is -8.53. The van der Waals surface area contributed by atoms with Crippen LogP contribution in [0.1, 0.15) is 13.3 Å². The van der Waals surface area contributed by atoms with Crippen LogP contribution in [0.2, 0.25) is 0 Å². The highest BCUT2D eigenvalue weighted by Crippen LogP contribution is 2.42. The second-order valence-corrected chi connectivity index (χ2v) is 7.68. The van der Waals surface area contributed by atoms with Crippen LogP contribution in [0.4, 0.5) is 30.7 Å². The Labute approximate surface area is 181 Å². The van der Waals surface area contributed by atoms with Crippen molar-refractivity contribution >= 4 is 22.1 Å². The van der Waals surface area contributed by atoms with Gasteiger partial charge in [0.25, 0.3) is 0 Å². The van der Waals surface area contributed by atoms with Crippen molar-refractivity contribution < 1.29 is 67.5 Å². The van der Waals surface area contributed by atoms with Crippen molar-refractivity contribution in [2.75, 3.05) is 6.61 Å². The van der Waals surface area contributed by atoms with E-state index in [-0.39, 0.29) is 0 Å². The van der Waals surface area contributed by atoms with E-state index >= 15 is 0 Å². The standard InChI is InChI=1S/C17H15F7O8S/c1-10(2)12(25)32-15(16(20,21)22,13(26)31-11-6-4-3-5-7-11)30-9-8-14(18,19)17(23,24)33(27,28)29/h3-7H,1,8-9H2,2H3,(H,27,28,29)/p-1. The topological polar surface area (TPSA) is 119 Å². The normalized spacial score (nSPS) is 14.8. The minimum Gasteiger partial charge on any atom is -0.743 e. The number of carbonyl (C=O) groups excluding carboxylic acids is 2. The van der Waals surface area contributed by atoms with E-state index in [1.807, 2.05) is 0 Å². The molecule has 0 bridgehead atoms. The molecule has 0 saturated heterocycles. The number of ether oxygens (including phenoxy) is 3. The van der Waals surface area contributed by atoms with Crippen LogP contribution in [0, 0.1) is 0 Å².